The largest absolute Gasteiger partial charge is 0.494 e. The van der Waals surface area contributed by atoms with Gasteiger partial charge < -0.3 is 13.7 Å². The number of fused-ring (bicyclic) bond motifs is 6. The van der Waals surface area contributed by atoms with Gasteiger partial charge in [-0.2, -0.15) is 17.7 Å². The van der Waals surface area contributed by atoms with Crippen molar-refractivity contribution in [2.24, 2.45) is 0 Å². The number of rotatable bonds is 8. The summed E-state index contributed by atoms with van der Waals surface area (Å²) in [6.07, 6.45) is 0. The van der Waals surface area contributed by atoms with Gasteiger partial charge in [-0.3, -0.25) is 0 Å². The minimum Gasteiger partial charge on any atom is -0.463 e. The maximum absolute atomic E-state index is 9.44. The highest BCUT2D eigenvalue weighted by Crippen LogP contribution is 2.51. The highest BCUT2D eigenvalue weighted by Gasteiger charge is 2.52. The molecule has 0 N–H and O–H groups in total. The molecule has 2 aliphatic carbocycles. The SMILES string of the molecule is Brc1ccc(-c2nc(-c3ccccc3)nc(-c3ccccc3)n2)cc1.CC1(C)c2cc(C#N)ccc2-c2ccc(-c3ccc(-c4nc(-c5ccccc5)nc(-c5ccccc5)n4)cc3)cc21.CC1(C)c2cc(C#N)ccc2-c2ccc(B3OC(C)(C)C(C)(C)O3)cc21.[CH2-]F. The van der Waals surface area contributed by atoms with Crippen LogP contribution in [-0.4, -0.2) is 48.2 Å². The molecular formula is C81H66BBrFN8O2-. The average Bonchev–Trinajstić information content (AvgIpc) is 1.58. The lowest BCUT2D eigenvalue weighted by Gasteiger charge is -2.32. The highest BCUT2D eigenvalue weighted by molar-refractivity contribution is 9.10. The molecule has 15 rings (SSSR count). The van der Waals surface area contributed by atoms with Gasteiger partial charge in [-0.15, -0.1) is 0 Å². The summed E-state index contributed by atoms with van der Waals surface area (Å²) in [6, 6.07) is 86.1. The molecule has 1 aliphatic heterocycles. The van der Waals surface area contributed by atoms with E-state index < -0.39 is 0 Å². The number of nitriles is 2. The molecule has 2 aromatic heterocycles. The zero-order valence-electron chi connectivity index (χ0n) is 53.5. The van der Waals surface area contributed by atoms with Crippen LogP contribution in [0.15, 0.2) is 247 Å². The van der Waals surface area contributed by atoms with Crippen molar-refractivity contribution < 1.29 is 13.7 Å². The third-order valence-electron chi connectivity index (χ3n) is 18.1. The van der Waals surface area contributed by atoms with Crippen LogP contribution < -0.4 is 5.46 Å². The molecule has 12 aromatic rings. The Labute approximate surface area is 558 Å². The second-order valence-electron chi connectivity index (χ2n) is 25.3. The number of halogens is 2. The number of benzene rings is 10. The van der Waals surface area contributed by atoms with E-state index in [0.717, 1.165) is 54.4 Å². The van der Waals surface area contributed by atoms with E-state index in [0.29, 0.717) is 46.1 Å². The van der Waals surface area contributed by atoms with Gasteiger partial charge in [0.05, 0.1) is 34.5 Å². The summed E-state index contributed by atoms with van der Waals surface area (Å²) in [4.78, 5) is 28.6. The third-order valence-corrected chi connectivity index (χ3v) is 18.7. The standard InChI is InChI=1S/C37H26N4.C22H24BNO2.C21H14BrN3.CH2F/c1-37(2)32-21-24(23-38)13-19-30(32)31-20-18-29(22-33(31)37)25-14-16-28(17-15-25)36-40-34(26-9-5-3-6-10-26)39-35(41-36)27-11-7-4-8-12-27;1-20(2)18-11-14(13-24)7-9-16(18)17-10-8-15(12-19(17)20)23-25-21(3,4)22(5,6)26-23;22-18-13-11-17(12-14-18)21-24-19(15-7-3-1-4-8-15)23-20(25-21)16-9-5-2-6-10-16;1-2/h3-22H,1-2H3;7-12H,1-6H3;1-14H;1H2/q;;;-1. The van der Waals surface area contributed by atoms with E-state index >= 15 is 0 Å². The predicted octanol–water partition coefficient (Wildman–Crippen LogP) is 19.3. The number of aromatic nitrogens is 6. The van der Waals surface area contributed by atoms with Gasteiger partial charge in [0.2, 0.25) is 0 Å². The second kappa shape index (κ2) is 26.3. The van der Waals surface area contributed by atoms with Gasteiger partial charge in [0.25, 0.3) is 0 Å². The molecule has 13 heteroatoms. The van der Waals surface area contributed by atoms with E-state index in [-0.39, 0.29) is 29.2 Å². The van der Waals surface area contributed by atoms with Gasteiger partial charge >= 0.3 is 7.12 Å². The quantitative estimate of drug-likeness (QED) is 0.107. The Bertz CT molecular complexity index is 4710. The van der Waals surface area contributed by atoms with Crippen molar-refractivity contribution in [3.8, 4) is 114 Å². The van der Waals surface area contributed by atoms with Crippen molar-refractivity contribution >= 4 is 28.5 Å². The third kappa shape index (κ3) is 12.7. The Hall–Kier alpha value is -10.4. The van der Waals surface area contributed by atoms with E-state index in [4.69, 9.17) is 34.2 Å². The normalized spacial score (nSPS) is 14.3. The van der Waals surface area contributed by atoms with Crippen LogP contribution in [0.3, 0.4) is 0 Å². The molecule has 0 amide bonds. The fourth-order valence-corrected chi connectivity index (χ4v) is 12.5. The number of hydrogen-bond acceptors (Lipinski definition) is 10. The molecule has 0 bridgehead atoms. The monoisotopic (exact) mass is 1290 g/mol. The minimum absolute atomic E-state index is 0.156. The molecule has 0 saturated carbocycles. The maximum Gasteiger partial charge on any atom is 0.494 e. The minimum atomic E-state index is -0.362. The summed E-state index contributed by atoms with van der Waals surface area (Å²) in [5.74, 6) is 3.96. The lowest BCUT2D eigenvalue weighted by molar-refractivity contribution is 0.00578. The molecule has 0 spiro atoms. The number of nitrogens with zero attached hydrogens (tertiary/aromatic N) is 8. The van der Waals surface area contributed by atoms with E-state index in [9.17, 15) is 14.9 Å². The first-order valence-corrected chi connectivity index (χ1v) is 31.8. The van der Waals surface area contributed by atoms with Crippen LogP contribution >= 0.6 is 15.9 Å². The van der Waals surface area contributed by atoms with Crippen LogP contribution in [0.5, 0.6) is 0 Å². The first-order valence-electron chi connectivity index (χ1n) is 31.0. The Kier molecular flexibility index (Phi) is 17.8. The molecule has 3 aliphatic rings. The zero-order valence-corrected chi connectivity index (χ0v) is 55.1. The summed E-state index contributed by atoms with van der Waals surface area (Å²) in [5, 5.41) is 18.7. The van der Waals surface area contributed by atoms with Crippen LogP contribution in [0.1, 0.15) is 88.8 Å². The van der Waals surface area contributed by atoms with Crippen molar-refractivity contribution in [2.75, 3.05) is 0 Å². The molecular weight excluding hydrogens is 1230 g/mol. The van der Waals surface area contributed by atoms with Gasteiger partial charge in [0.1, 0.15) is 0 Å². The molecule has 94 heavy (non-hydrogen) atoms. The fourth-order valence-electron chi connectivity index (χ4n) is 12.2. The lowest BCUT2D eigenvalue weighted by atomic mass is 9.74. The average molecular weight is 1290 g/mol. The van der Waals surface area contributed by atoms with E-state index in [1.54, 1.807) is 7.18 Å². The van der Waals surface area contributed by atoms with Gasteiger partial charge in [0.15, 0.2) is 34.9 Å². The lowest BCUT2D eigenvalue weighted by Crippen LogP contribution is -2.41. The molecule has 0 radical (unpaired) electrons. The molecule has 0 unspecified atom stereocenters. The summed E-state index contributed by atoms with van der Waals surface area (Å²) >= 11 is 3.47. The van der Waals surface area contributed by atoms with E-state index in [1.807, 2.05) is 170 Å². The Balaban J connectivity index is 0.000000140. The van der Waals surface area contributed by atoms with Crippen LogP contribution in [0.25, 0.3) is 102 Å². The summed E-state index contributed by atoms with van der Waals surface area (Å²) in [7, 11) is 1.39. The van der Waals surface area contributed by atoms with Crippen molar-refractivity contribution in [1.29, 1.82) is 10.5 Å². The smallest absolute Gasteiger partial charge is 0.463 e. The molecule has 1 fully saturated rings. The van der Waals surface area contributed by atoms with Gasteiger partial charge in [-0.1, -0.05) is 244 Å². The van der Waals surface area contributed by atoms with E-state index in [2.05, 4.69) is 161 Å². The molecule has 10 nitrogen and oxygen atoms in total. The van der Waals surface area contributed by atoms with Crippen molar-refractivity contribution in [3.05, 3.63) is 288 Å². The summed E-state index contributed by atoms with van der Waals surface area (Å²) in [6.45, 7) is 17.2. The van der Waals surface area contributed by atoms with Gasteiger partial charge in [0, 0.05) is 48.7 Å². The molecule has 3 heterocycles. The second-order valence-corrected chi connectivity index (χ2v) is 26.2. The topological polar surface area (TPSA) is 143 Å². The first-order chi connectivity index (χ1) is 45.4. The Morgan fingerprint density at radius 1 is 0.340 bits per heavy atom. The fraction of sp³-hybridized carbons (Fsp3) is 0.148. The van der Waals surface area contributed by atoms with Crippen molar-refractivity contribution in [2.45, 2.75) is 77.4 Å². The van der Waals surface area contributed by atoms with Crippen LogP contribution in [0.4, 0.5) is 4.39 Å². The van der Waals surface area contributed by atoms with Crippen LogP contribution in [0, 0.1) is 29.8 Å². The van der Waals surface area contributed by atoms with Gasteiger partial charge in [-0.25, -0.2) is 29.9 Å². The molecule has 10 aromatic carbocycles. The molecule has 0 atom stereocenters. The summed E-state index contributed by atoms with van der Waals surface area (Å²) < 4.78 is 22.7. The molecule has 1 saturated heterocycles. The van der Waals surface area contributed by atoms with E-state index in [1.165, 1.54) is 44.5 Å². The number of hydrogen-bond donors (Lipinski definition) is 0. The zero-order chi connectivity index (χ0) is 65.9. The Morgan fingerprint density at radius 3 is 0.968 bits per heavy atom. The summed E-state index contributed by atoms with van der Waals surface area (Å²) in [5.41, 5.74) is 19.3. The molecule has 460 valence electrons. The van der Waals surface area contributed by atoms with Crippen LogP contribution in [0.2, 0.25) is 0 Å². The van der Waals surface area contributed by atoms with Crippen molar-refractivity contribution in [3.63, 3.8) is 0 Å². The predicted molar refractivity (Wildman–Crippen MR) is 379 cm³/mol. The van der Waals surface area contributed by atoms with Crippen LogP contribution in [-0.2, 0) is 20.1 Å². The van der Waals surface area contributed by atoms with Crippen molar-refractivity contribution in [1.82, 2.24) is 29.9 Å². The first kappa shape index (κ1) is 63.7. The maximum atomic E-state index is 9.44. The van der Waals surface area contributed by atoms with Gasteiger partial charge in [-0.05, 0) is 131 Å². The Morgan fingerprint density at radius 2 is 0.617 bits per heavy atom. The highest BCUT2D eigenvalue weighted by atomic mass is 79.9.